The van der Waals surface area contributed by atoms with Gasteiger partial charge in [0.1, 0.15) is 5.82 Å². The van der Waals surface area contributed by atoms with Crippen LogP contribution in [0.4, 0.5) is 0 Å². The number of hydrogen-bond acceptors (Lipinski definition) is 2. The number of ether oxygens (including phenoxy) is 1. The normalized spacial score (nSPS) is 16.6. The molecule has 0 spiro atoms. The molecule has 7 heteroatoms. The minimum Gasteiger partial charge on any atom is -0.510 e. The number of pyridine rings is 1. The molecule has 0 bridgehead atoms. The Morgan fingerprint density at radius 1 is 0.524 bits per heavy atom. The average Bonchev–Trinajstić information content (AvgIpc) is 0.807. The van der Waals surface area contributed by atoms with Crippen LogP contribution >= 0.6 is 0 Å². The fourth-order valence-corrected chi connectivity index (χ4v) is 14.4. The molecule has 0 aliphatic heterocycles. The average molecular weight is 1310 g/mol. The van der Waals surface area contributed by atoms with E-state index in [1.54, 1.807) is 65.2 Å². The van der Waals surface area contributed by atoms with E-state index in [0.717, 1.165) is 11.8 Å². The van der Waals surface area contributed by atoms with Gasteiger partial charge in [-0.05, 0) is 95.2 Å². The monoisotopic (exact) mass is 1310 g/mol. The second-order valence-corrected chi connectivity index (χ2v) is 23.9. The van der Waals surface area contributed by atoms with Gasteiger partial charge in [-0.25, -0.2) is 4.98 Å². The van der Waals surface area contributed by atoms with E-state index in [2.05, 4.69) is 23.4 Å². The van der Waals surface area contributed by atoms with Crippen LogP contribution in [0.15, 0.2) is 279 Å². The summed E-state index contributed by atoms with van der Waals surface area (Å²) in [5.41, 5.74) is 1.28. The first-order valence-corrected chi connectivity index (χ1v) is 28.1. The van der Waals surface area contributed by atoms with E-state index in [1.807, 2.05) is 51.1 Å². The van der Waals surface area contributed by atoms with E-state index in [0.29, 0.717) is 32.9 Å². The van der Waals surface area contributed by atoms with Gasteiger partial charge in [-0.3, -0.25) is 4.57 Å². The number of imidazole rings is 1. The number of aromatic nitrogens is 4. The third kappa shape index (κ3) is 9.61. The van der Waals surface area contributed by atoms with Crippen molar-refractivity contribution in [2.45, 2.75) is 33.0 Å². The molecule has 408 valence electrons. The van der Waals surface area contributed by atoms with Crippen LogP contribution in [-0.2, 0) is 26.5 Å². The first-order chi connectivity index (χ1) is 52.3. The van der Waals surface area contributed by atoms with Crippen LogP contribution in [0.5, 0.6) is 11.5 Å². The Bertz CT molecular complexity index is 6080. The van der Waals surface area contributed by atoms with Crippen LogP contribution in [-0.4, -0.2) is 22.2 Å². The number of rotatable bonds is 12. The summed E-state index contributed by atoms with van der Waals surface area (Å²) in [7, 11) is -5.84. The van der Waals surface area contributed by atoms with Crippen molar-refractivity contribution in [2.24, 2.45) is 0 Å². The van der Waals surface area contributed by atoms with Gasteiger partial charge in [0.15, 0.2) is 8.07 Å². The largest absolute Gasteiger partial charge is 0.510 e. The molecule has 14 rings (SSSR count). The summed E-state index contributed by atoms with van der Waals surface area (Å²) in [4.78, 5) is 4.69. The molecule has 0 aliphatic carbocycles. The number of aryl methyl sites for hydroxylation is 1. The number of benzene rings is 11. The van der Waals surface area contributed by atoms with Gasteiger partial charge in [-0.1, -0.05) is 256 Å². The summed E-state index contributed by atoms with van der Waals surface area (Å²) >= 11 is 0. The molecule has 0 saturated carbocycles. The van der Waals surface area contributed by atoms with Crippen LogP contribution in [0, 0.1) is 25.3 Å². The SMILES string of the molecule is [2H]c1c([2H])c([2H])c(-c2cnc(-n3c4[c-]c(Oc5[c-]c(-n6[c-][n+](-c7c(-c8cccc(C(C)(C)C)c8)cccc7-c7c([2H])c([2H])c([2H])c([2H])c7[2H])c7ccc([Si](c8c([2H])c([2H])c([2H])c([2H])c8[2H])(c8c([2H])c([2H])c([2H])c([2H])c8[2H])c8c([2H])c([2H])c([2H])c([2H])c8[2H])cc76)ccc5)ccc4c4ccccc43)cc2C([2H])([2H])[2H])c([2H])c1[2H].[Pt]. The molecular formula is C77H58N4OPtSi-2. The van der Waals surface area contributed by atoms with E-state index in [-0.39, 0.29) is 93.8 Å². The van der Waals surface area contributed by atoms with Crippen molar-refractivity contribution in [1.82, 2.24) is 14.1 Å². The van der Waals surface area contributed by atoms with Crippen molar-refractivity contribution in [3.05, 3.63) is 308 Å². The van der Waals surface area contributed by atoms with Crippen molar-refractivity contribution in [3.8, 4) is 62.1 Å². The quantitative estimate of drug-likeness (QED) is 0.0529. The van der Waals surface area contributed by atoms with Gasteiger partial charge in [0, 0.05) is 54.0 Å². The molecule has 84 heavy (non-hydrogen) atoms. The van der Waals surface area contributed by atoms with Gasteiger partial charge in [-0.2, -0.15) is 18.2 Å². The Labute approximate surface area is 546 Å². The Morgan fingerprint density at radius 2 is 1.12 bits per heavy atom. The molecule has 11 aromatic carbocycles. The van der Waals surface area contributed by atoms with Gasteiger partial charge in [0.05, 0.1) is 51.0 Å². The minimum atomic E-state index is -5.84. The molecule has 5 nitrogen and oxygen atoms in total. The molecule has 14 aromatic rings. The van der Waals surface area contributed by atoms with Crippen LogP contribution in [0.3, 0.4) is 0 Å². The first kappa shape index (κ1) is 30.7. The third-order valence-electron chi connectivity index (χ3n) is 14.4. The zero-order chi connectivity index (χ0) is 80.3. The number of fused-ring (bicyclic) bond motifs is 4. The van der Waals surface area contributed by atoms with Crippen molar-refractivity contribution in [1.29, 1.82) is 0 Å². The van der Waals surface area contributed by atoms with E-state index in [9.17, 15) is 19.2 Å². The van der Waals surface area contributed by atoms with Gasteiger partial charge in [0.25, 0.3) is 6.33 Å². The molecule has 0 radical (unpaired) electrons. The molecule has 0 fully saturated rings. The van der Waals surface area contributed by atoms with Crippen LogP contribution < -0.4 is 30.1 Å². The molecule has 0 unspecified atom stereocenters. The zero-order valence-corrected chi connectivity index (χ0v) is 47.9. The standard InChI is InChI=1S/C77H58N4OSi.Pt/c1-54-47-75(78-52-70(54)56-27-12-6-13-28-56)81-71-42-21-20-39-68(71)69-45-43-61(50-73(69)81)82-60-32-23-31-59(49-60)79-53-80(76-66(55-25-10-5-11-26-55)40-24-41-67(76)57-29-22-30-58(48-57)77(2,3)4)72-46-44-65(51-74(72)79)83(62-33-14-7-15-34-62,63-35-16-8-17-36-63)64-37-18-9-19-38-64;/h5-48,51-52H,1-4H3;/q-2;/i1D3,5D,6D,7D,8D,9D,10D,11D,12D,13D,14D,15D,16D,17D,18D,19D,25D,26D,27D,28D,33D,34D,35D,36D,37D,38D;. The molecule has 0 N–H and O–H groups in total. The second kappa shape index (κ2) is 22.4. The van der Waals surface area contributed by atoms with Gasteiger partial charge >= 0.3 is 0 Å². The molecule has 0 saturated heterocycles. The molecule has 0 atom stereocenters. The number of para-hydroxylation sites is 2. The fraction of sp³-hybridized carbons (Fsp3) is 0.0649. The van der Waals surface area contributed by atoms with E-state index >= 15 is 0 Å². The van der Waals surface area contributed by atoms with Crippen molar-refractivity contribution in [3.63, 3.8) is 0 Å². The fourth-order valence-electron chi connectivity index (χ4n) is 10.6. The maximum absolute atomic E-state index is 9.86. The maximum atomic E-state index is 9.86. The predicted octanol–water partition coefficient (Wildman–Crippen LogP) is 15.6. The van der Waals surface area contributed by atoms with Crippen molar-refractivity contribution >= 4 is 61.7 Å². The predicted molar refractivity (Wildman–Crippen MR) is 343 cm³/mol. The van der Waals surface area contributed by atoms with Crippen LogP contribution in [0.2, 0.25) is 0 Å². The van der Waals surface area contributed by atoms with E-state index in [4.69, 9.17) is 23.9 Å². The number of hydrogen-bond donors (Lipinski definition) is 0. The Balaban J connectivity index is 0.0000110. The molecule has 3 heterocycles. The number of nitrogens with zero attached hydrogens (tertiary/aromatic N) is 4. The summed E-state index contributed by atoms with van der Waals surface area (Å²) in [6.07, 6.45) is 4.58. The summed E-state index contributed by atoms with van der Waals surface area (Å²) in [6, 6.07) is 18.3. The van der Waals surface area contributed by atoms with Crippen LogP contribution in [0.1, 0.15) is 70.3 Å². The Morgan fingerprint density at radius 3 is 1.77 bits per heavy atom. The summed E-state index contributed by atoms with van der Waals surface area (Å²) in [6.45, 7) is 3.09. The minimum absolute atomic E-state index is 0. The van der Waals surface area contributed by atoms with Gasteiger partial charge in [0.2, 0.25) is 0 Å². The molecular weight excluding hydrogens is 1220 g/mol. The summed E-state index contributed by atoms with van der Waals surface area (Å²) in [5.74, 6) is 0.0321. The third-order valence-corrected chi connectivity index (χ3v) is 18.6. The maximum Gasteiger partial charge on any atom is 0.268 e. The second-order valence-electron chi connectivity index (χ2n) is 20.3. The van der Waals surface area contributed by atoms with Gasteiger partial charge in [-0.15, -0.1) is 29.7 Å². The van der Waals surface area contributed by atoms with Gasteiger partial charge < -0.3 is 13.9 Å². The Kier molecular flexibility index (Phi) is 8.18. The molecule has 3 aromatic heterocycles. The molecule has 0 amide bonds. The van der Waals surface area contributed by atoms with Crippen molar-refractivity contribution < 1.29 is 68.8 Å². The molecule has 0 aliphatic rings. The topological polar surface area (TPSA) is 35.9 Å². The van der Waals surface area contributed by atoms with E-state index < -0.39 is 187 Å². The van der Waals surface area contributed by atoms with Crippen LogP contribution in [0.25, 0.3) is 83.4 Å². The summed E-state index contributed by atoms with van der Waals surface area (Å²) in [5, 5.41) is -1.33. The zero-order valence-electron chi connectivity index (χ0n) is 72.6. The first-order valence-electron chi connectivity index (χ1n) is 40.1. The van der Waals surface area contributed by atoms with E-state index in [1.165, 1.54) is 39.5 Å². The summed E-state index contributed by atoms with van der Waals surface area (Å²) < 4.78 is 266. The smallest absolute Gasteiger partial charge is 0.268 e. The Hall–Kier alpha value is -9.45. The van der Waals surface area contributed by atoms with Crippen molar-refractivity contribution in [2.75, 3.05) is 0 Å².